The molecule has 3 heterocycles. The van der Waals surface area contributed by atoms with Crippen molar-refractivity contribution in [1.82, 2.24) is 20.4 Å². The summed E-state index contributed by atoms with van der Waals surface area (Å²) in [7, 11) is 1.65. The predicted octanol–water partition coefficient (Wildman–Crippen LogP) is 3.52. The molecule has 7 nitrogen and oxygen atoms in total. The van der Waals surface area contributed by atoms with Crippen molar-refractivity contribution in [2.24, 2.45) is 0 Å². The molecule has 0 radical (unpaired) electrons. The summed E-state index contributed by atoms with van der Waals surface area (Å²) >= 11 is 0. The first kappa shape index (κ1) is 16.5. The lowest BCUT2D eigenvalue weighted by Crippen LogP contribution is -2.39. The highest BCUT2D eigenvalue weighted by Crippen LogP contribution is 2.32. The highest BCUT2D eigenvalue weighted by Gasteiger charge is 2.32. The fraction of sp³-hybridized carbons (Fsp3) is 0.368. The molecular weight excluding hydrogens is 332 g/mol. The maximum Gasteiger partial charge on any atom is 0.318 e. The third-order valence-corrected chi connectivity index (χ3v) is 4.80. The lowest BCUT2D eigenvalue weighted by atomic mass is 10.1. The monoisotopic (exact) mass is 354 g/mol. The number of ether oxygens (including phenoxy) is 1. The van der Waals surface area contributed by atoms with E-state index in [0.29, 0.717) is 6.54 Å². The van der Waals surface area contributed by atoms with Crippen molar-refractivity contribution in [2.45, 2.75) is 32.4 Å². The van der Waals surface area contributed by atoms with Crippen LogP contribution in [-0.2, 0) is 6.54 Å². The maximum atomic E-state index is 12.6. The van der Waals surface area contributed by atoms with Crippen LogP contribution in [0.1, 0.15) is 36.0 Å². The Morgan fingerprint density at radius 2 is 2.31 bits per heavy atom. The number of H-pyrrole nitrogens is 1. The first-order valence-corrected chi connectivity index (χ1v) is 8.77. The molecule has 7 heteroatoms. The number of carbonyl (C=O) groups is 1. The second-order valence-corrected chi connectivity index (χ2v) is 6.63. The minimum atomic E-state index is -0.0854. The van der Waals surface area contributed by atoms with Crippen molar-refractivity contribution in [3.8, 4) is 5.75 Å². The van der Waals surface area contributed by atoms with E-state index in [9.17, 15) is 4.79 Å². The molecule has 0 saturated carbocycles. The van der Waals surface area contributed by atoms with Gasteiger partial charge in [-0.1, -0.05) is 5.16 Å². The Hall–Kier alpha value is -2.96. The summed E-state index contributed by atoms with van der Waals surface area (Å²) in [5, 5.41) is 8.00. The Labute approximate surface area is 151 Å². The molecule has 136 valence electrons. The number of methoxy groups -OCH3 is 1. The number of nitrogens with one attached hydrogen (secondary N) is 2. The number of amides is 2. The number of aromatic nitrogens is 2. The maximum absolute atomic E-state index is 12.6. The molecule has 1 aliphatic rings. The van der Waals surface area contributed by atoms with E-state index >= 15 is 0 Å². The minimum absolute atomic E-state index is 0.0387. The van der Waals surface area contributed by atoms with E-state index in [1.165, 1.54) is 0 Å². The van der Waals surface area contributed by atoms with Crippen LogP contribution in [-0.4, -0.2) is 34.7 Å². The summed E-state index contributed by atoms with van der Waals surface area (Å²) in [6.07, 6.45) is 1.86. The number of benzene rings is 1. The summed E-state index contributed by atoms with van der Waals surface area (Å²) in [5.74, 6) is 1.57. The smallest absolute Gasteiger partial charge is 0.318 e. The standard InChI is InChI=1S/C19H22N4O3/c1-12-8-18(26-22-12)17-4-3-7-23(17)19(24)20-11-14-9-13-10-15(25-2)5-6-16(13)21-14/h5-6,8-10,17,21H,3-4,7,11H2,1-2H3,(H,20,24)/t17-/m0/s1. The van der Waals surface area contributed by atoms with E-state index in [1.54, 1.807) is 7.11 Å². The van der Waals surface area contributed by atoms with Crippen LogP contribution in [0.5, 0.6) is 5.75 Å². The molecule has 1 fully saturated rings. The van der Waals surface area contributed by atoms with Gasteiger partial charge in [-0.3, -0.25) is 0 Å². The fourth-order valence-corrected chi connectivity index (χ4v) is 3.51. The molecule has 2 aromatic heterocycles. The minimum Gasteiger partial charge on any atom is -0.497 e. The Balaban J connectivity index is 1.43. The van der Waals surface area contributed by atoms with Crippen LogP contribution in [0.4, 0.5) is 4.79 Å². The molecule has 1 saturated heterocycles. The molecular formula is C19H22N4O3. The van der Waals surface area contributed by atoms with E-state index in [2.05, 4.69) is 15.5 Å². The predicted molar refractivity (Wildman–Crippen MR) is 97.0 cm³/mol. The number of aromatic amines is 1. The number of fused-ring (bicyclic) bond motifs is 1. The number of likely N-dealkylation sites (tertiary alicyclic amines) is 1. The van der Waals surface area contributed by atoms with Crippen molar-refractivity contribution in [3.05, 3.63) is 47.5 Å². The van der Waals surface area contributed by atoms with Gasteiger partial charge in [-0.05, 0) is 44.0 Å². The number of aryl methyl sites for hydroxylation is 1. The average Bonchev–Trinajstić information content (AvgIpc) is 3.37. The van der Waals surface area contributed by atoms with Crippen molar-refractivity contribution in [1.29, 1.82) is 0 Å². The van der Waals surface area contributed by atoms with E-state index in [0.717, 1.165) is 53.2 Å². The number of urea groups is 1. The van der Waals surface area contributed by atoms with Gasteiger partial charge in [0.1, 0.15) is 5.75 Å². The molecule has 0 aliphatic carbocycles. The average molecular weight is 354 g/mol. The van der Waals surface area contributed by atoms with Crippen molar-refractivity contribution < 1.29 is 14.1 Å². The molecule has 4 rings (SSSR count). The van der Waals surface area contributed by atoms with Crippen LogP contribution >= 0.6 is 0 Å². The van der Waals surface area contributed by atoms with Gasteiger partial charge in [-0.2, -0.15) is 0 Å². The first-order valence-electron chi connectivity index (χ1n) is 8.77. The van der Waals surface area contributed by atoms with Crippen LogP contribution in [0.2, 0.25) is 0 Å². The van der Waals surface area contributed by atoms with Crippen LogP contribution < -0.4 is 10.1 Å². The number of hydrogen-bond donors (Lipinski definition) is 2. The Kier molecular flexibility index (Phi) is 4.28. The third kappa shape index (κ3) is 3.12. The lowest BCUT2D eigenvalue weighted by molar-refractivity contribution is 0.182. The van der Waals surface area contributed by atoms with Gasteiger partial charge in [0, 0.05) is 29.2 Å². The summed E-state index contributed by atoms with van der Waals surface area (Å²) in [6, 6.07) is 9.67. The zero-order chi connectivity index (χ0) is 18.1. The van der Waals surface area contributed by atoms with Gasteiger partial charge < -0.3 is 24.5 Å². The second kappa shape index (κ2) is 6.74. The SMILES string of the molecule is COc1ccc2[nH]c(CNC(=O)N3CCC[C@H]3c3cc(C)no3)cc2c1. The molecule has 1 aliphatic heterocycles. The van der Waals surface area contributed by atoms with Gasteiger partial charge in [0.05, 0.1) is 25.4 Å². The molecule has 0 bridgehead atoms. The lowest BCUT2D eigenvalue weighted by Gasteiger charge is -2.22. The molecule has 0 unspecified atom stereocenters. The highest BCUT2D eigenvalue weighted by atomic mass is 16.5. The van der Waals surface area contributed by atoms with Gasteiger partial charge in [-0.25, -0.2) is 4.79 Å². The van der Waals surface area contributed by atoms with E-state index in [1.807, 2.05) is 42.2 Å². The zero-order valence-corrected chi connectivity index (χ0v) is 14.9. The summed E-state index contributed by atoms with van der Waals surface area (Å²) in [4.78, 5) is 17.8. The molecule has 26 heavy (non-hydrogen) atoms. The van der Waals surface area contributed by atoms with Gasteiger partial charge in [0.2, 0.25) is 0 Å². The Bertz CT molecular complexity index is 930. The topological polar surface area (TPSA) is 83.4 Å². The van der Waals surface area contributed by atoms with Gasteiger partial charge in [0.15, 0.2) is 5.76 Å². The van der Waals surface area contributed by atoms with E-state index in [4.69, 9.17) is 9.26 Å². The summed E-state index contributed by atoms with van der Waals surface area (Å²) < 4.78 is 10.6. The number of rotatable bonds is 4. The third-order valence-electron chi connectivity index (χ3n) is 4.80. The van der Waals surface area contributed by atoms with Crippen LogP contribution in [0.25, 0.3) is 10.9 Å². The number of nitrogens with zero attached hydrogens (tertiary/aromatic N) is 2. The molecule has 0 spiro atoms. The molecule has 3 aromatic rings. The van der Waals surface area contributed by atoms with Gasteiger partial charge in [-0.15, -0.1) is 0 Å². The van der Waals surface area contributed by atoms with Crippen molar-refractivity contribution in [3.63, 3.8) is 0 Å². The Morgan fingerprint density at radius 1 is 1.42 bits per heavy atom. The quantitative estimate of drug-likeness (QED) is 0.751. The molecule has 1 aromatic carbocycles. The Morgan fingerprint density at radius 3 is 3.08 bits per heavy atom. The highest BCUT2D eigenvalue weighted by molar-refractivity contribution is 5.82. The molecule has 2 N–H and O–H groups in total. The van der Waals surface area contributed by atoms with Crippen LogP contribution in [0, 0.1) is 6.92 Å². The zero-order valence-electron chi connectivity index (χ0n) is 14.9. The largest absolute Gasteiger partial charge is 0.497 e. The normalized spacial score (nSPS) is 17.0. The van der Waals surface area contributed by atoms with Crippen LogP contribution in [0.3, 0.4) is 0 Å². The van der Waals surface area contributed by atoms with Crippen molar-refractivity contribution in [2.75, 3.05) is 13.7 Å². The van der Waals surface area contributed by atoms with E-state index < -0.39 is 0 Å². The summed E-state index contributed by atoms with van der Waals surface area (Å²) in [6.45, 7) is 3.05. The molecule has 2 amide bonds. The van der Waals surface area contributed by atoms with Crippen LogP contribution in [0.15, 0.2) is 34.9 Å². The second-order valence-electron chi connectivity index (χ2n) is 6.63. The number of hydrogen-bond acceptors (Lipinski definition) is 4. The van der Waals surface area contributed by atoms with Gasteiger partial charge >= 0.3 is 6.03 Å². The summed E-state index contributed by atoms with van der Waals surface area (Å²) in [5.41, 5.74) is 2.81. The first-order chi connectivity index (χ1) is 12.6. The fourth-order valence-electron chi connectivity index (χ4n) is 3.51. The van der Waals surface area contributed by atoms with E-state index in [-0.39, 0.29) is 12.1 Å². The van der Waals surface area contributed by atoms with Gasteiger partial charge in [0.25, 0.3) is 0 Å². The van der Waals surface area contributed by atoms with Crippen molar-refractivity contribution >= 4 is 16.9 Å². The number of carbonyl (C=O) groups excluding carboxylic acids is 1. The molecule has 1 atom stereocenters.